The van der Waals surface area contributed by atoms with E-state index in [1.54, 1.807) is 24.3 Å². The lowest BCUT2D eigenvalue weighted by Gasteiger charge is -2.07. The molecule has 0 spiro atoms. The van der Waals surface area contributed by atoms with Gasteiger partial charge in [-0.2, -0.15) is 5.10 Å². The zero-order valence-corrected chi connectivity index (χ0v) is 10.8. The van der Waals surface area contributed by atoms with Crippen LogP contribution >= 0.6 is 11.6 Å². The summed E-state index contributed by atoms with van der Waals surface area (Å²) in [5.41, 5.74) is 2.94. The number of hydrogen-bond acceptors (Lipinski definition) is 2. The Hall–Kier alpha value is -2.01. The molecule has 0 aliphatic heterocycles. The number of halogens is 1. The van der Waals surface area contributed by atoms with Crippen molar-refractivity contribution in [3.8, 4) is 0 Å². The summed E-state index contributed by atoms with van der Waals surface area (Å²) in [6.45, 7) is 3.67. The summed E-state index contributed by atoms with van der Waals surface area (Å²) < 4.78 is 0. The number of carbonyl (C=O) groups excluding carboxylic acids is 1. The second kappa shape index (κ2) is 5.10. The molecule has 0 fully saturated rings. The van der Waals surface area contributed by atoms with Gasteiger partial charge in [0.15, 0.2) is 0 Å². The summed E-state index contributed by atoms with van der Waals surface area (Å²) in [5.74, 6) is 0. The average Bonchev–Trinajstić information content (AvgIpc) is 2.64. The number of amides is 2. The monoisotopic (exact) mass is 264 g/mol. The van der Waals surface area contributed by atoms with Gasteiger partial charge in [-0.1, -0.05) is 11.6 Å². The molecule has 5 nitrogen and oxygen atoms in total. The second-order valence-corrected chi connectivity index (χ2v) is 4.33. The molecule has 18 heavy (non-hydrogen) atoms. The molecular formula is C12H13ClN4O. The van der Waals surface area contributed by atoms with Crippen molar-refractivity contribution in [3.05, 3.63) is 40.7 Å². The third-order valence-electron chi connectivity index (χ3n) is 2.47. The van der Waals surface area contributed by atoms with Gasteiger partial charge in [0.2, 0.25) is 0 Å². The lowest BCUT2D eigenvalue weighted by molar-refractivity contribution is 0.262. The molecule has 1 aromatic carbocycles. The first-order valence-corrected chi connectivity index (χ1v) is 5.79. The normalized spacial score (nSPS) is 10.2. The smallest absolute Gasteiger partial charge is 0.308 e. The number of aromatic amines is 1. The predicted octanol–water partition coefficient (Wildman–Crippen LogP) is 3.32. The van der Waals surface area contributed by atoms with Gasteiger partial charge in [0, 0.05) is 10.7 Å². The van der Waals surface area contributed by atoms with Gasteiger partial charge < -0.3 is 10.6 Å². The standard InChI is InChI=1S/C12H13ClN4O/c1-7-11(8(2)17-16-7)15-12(18)14-10-5-3-9(13)4-6-10/h3-6H,1-2H3,(H,16,17)(H2,14,15,18). The Bertz CT molecular complexity index is 542. The fourth-order valence-corrected chi connectivity index (χ4v) is 1.67. The van der Waals surface area contributed by atoms with Gasteiger partial charge in [-0.3, -0.25) is 5.10 Å². The van der Waals surface area contributed by atoms with Crippen LogP contribution in [0.1, 0.15) is 11.4 Å². The third kappa shape index (κ3) is 2.81. The van der Waals surface area contributed by atoms with Crippen molar-refractivity contribution < 1.29 is 4.79 Å². The molecule has 0 bridgehead atoms. The zero-order valence-electron chi connectivity index (χ0n) is 10.0. The molecular weight excluding hydrogens is 252 g/mol. The molecule has 1 aromatic heterocycles. The molecule has 0 aliphatic carbocycles. The summed E-state index contributed by atoms with van der Waals surface area (Å²) in [5, 5.41) is 12.9. The van der Waals surface area contributed by atoms with E-state index in [4.69, 9.17) is 11.6 Å². The highest BCUT2D eigenvalue weighted by atomic mass is 35.5. The molecule has 2 rings (SSSR count). The van der Waals surface area contributed by atoms with Crippen molar-refractivity contribution in [2.24, 2.45) is 0 Å². The van der Waals surface area contributed by atoms with Crippen molar-refractivity contribution in [3.63, 3.8) is 0 Å². The number of nitrogens with zero attached hydrogens (tertiary/aromatic N) is 1. The minimum atomic E-state index is -0.315. The van der Waals surface area contributed by atoms with Crippen molar-refractivity contribution in [1.29, 1.82) is 0 Å². The highest BCUT2D eigenvalue weighted by Gasteiger charge is 2.09. The Morgan fingerprint density at radius 3 is 2.44 bits per heavy atom. The van der Waals surface area contributed by atoms with Crippen LogP contribution in [-0.4, -0.2) is 16.2 Å². The summed E-state index contributed by atoms with van der Waals surface area (Å²) in [6.07, 6.45) is 0. The Labute approximate surface area is 110 Å². The molecule has 94 valence electrons. The van der Waals surface area contributed by atoms with Crippen molar-refractivity contribution in [1.82, 2.24) is 10.2 Å². The van der Waals surface area contributed by atoms with E-state index in [2.05, 4.69) is 20.8 Å². The van der Waals surface area contributed by atoms with Gasteiger partial charge in [-0.15, -0.1) is 0 Å². The van der Waals surface area contributed by atoms with Crippen LogP contribution in [0.5, 0.6) is 0 Å². The van der Waals surface area contributed by atoms with E-state index in [1.165, 1.54) is 0 Å². The van der Waals surface area contributed by atoms with E-state index >= 15 is 0 Å². The van der Waals surface area contributed by atoms with E-state index in [0.717, 1.165) is 11.4 Å². The quantitative estimate of drug-likeness (QED) is 0.779. The summed E-state index contributed by atoms with van der Waals surface area (Å²) >= 11 is 5.76. The van der Waals surface area contributed by atoms with Crippen LogP contribution in [0.3, 0.4) is 0 Å². The Morgan fingerprint density at radius 2 is 1.89 bits per heavy atom. The molecule has 0 atom stereocenters. The largest absolute Gasteiger partial charge is 0.323 e. The minimum Gasteiger partial charge on any atom is -0.308 e. The fourth-order valence-electron chi connectivity index (χ4n) is 1.54. The van der Waals surface area contributed by atoms with Gasteiger partial charge in [0.25, 0.3) is 0 Å². The molecule has 0 saturated carbocycles. The Balaban J connectivity index is 2.03. The molecule has 2 aromatic rings. The van der Waals surface area contributed by atoms with E-state index in [1.807, 2.05) is 13.8 Å². The number of benzene rings is 1. The number of hydrogen-bond donors (Lipinski definition) is 3. The van der Waals surface area contributed by atoms with Crippen LogP contribution in [0.25, 0.3) is 0 Å². The first kappa shape index (κ1) is 12.4. The maximum absolute atomic E-state index is 11.8. The second-order valence-electron chi connectivity index (χ2n) is 3.90. The number of H-pyrrole nitrogens is 1. The number of urea groups is 1. The molecule has 0 saturated heterocycles. The first-order valence-electron chi connectivity index (χ1n) is 5.41. The van der Waals surface area contributed by atoms with Gasteiger partial charge in [-0.25, -0.2) is 4.79 Å². The zero-order chi connectivity index (χ0) is 13.1. The Kier molecular flexibility index (Phi) is 3.53. The number of carbonyl (C=O) groups is 1. The van der Waals surface area contributed by atoms with Gasteiger partial charge >= 0.3 is 6.03 Å². The maximum Gasteiger partial charge on any atom is 0.323 e. The van der Waals surface area contributed by atoms with Crippen LogP contribution in [0.2, 0.25) is 5.02 Å². The van der Waals surface area contributed by atoms with E-state index in [0.29, 0.717) is 16.4 Å². The van der Waals surface area contributed by atoms with Gasteiger partial charge in [0.05, 0.1) is 17.1 Å². The van der Waals surface area contributed by atoms with Gasteiger partial charge in [0.1, 0.15) is 0 Å². The number of aryl methyl sites for hydroxylation is 2. The van der Waals surface area contributed by atoms with Crippen LogP contribution in [0.15, 0.2) is 24.3 Å². The van der Waals surface area contributed by atoms with Crippen molar-refractivity contribution in [2.45, 2.75) is 13.8 Å². The van der Waals surface area contributed by atoms with Crippen LogP contribution in [0, 0.1) is 13.8 Å². The highest BCUT2D eigenvalue weighted by molar-refractivity contribution is 6.30. The van der Waals surface area contributed by atoms with Crippen LogP contribution < -0.4 is 10.6 Å². The Morgan fingerprint density at radius 1 is 1.22 bits per heavy atom. The average molecular weight is 265 g/mol. The van der Waals surface area contributed by atoms with Crippen molar-refractivity contribution in [2.75, 3.05) is 10.6 Å². The van der Waals surface area contributed by atoms with E-state index in [-0.39, 0.29) is 6.03 Å². The van der Waals surface area contributed by atoms with Crippen molar-refractivity contribution >= 4 is 29.0 Å². The minimum absolute atomic E-state index is 0.315. The highest BCUT2D eigenvalue weighted by Crippen LogP contribution is 2.17. The van der Waals surface area contributed by atoms with E-state index < -0.39 is 0 Å². The molecule has 0 radical (unpaired) electrons. The third-order valence-corrected chi connectivity index (χ3v) is 2.72. The summed E-state index contributed by atoms with van der Waals surface area (Å²) in [7, 11) is 0. The number of anilines is 2. The fraction of sp³-hybridized carbons (Fsp3) is 0.167. The SMILES string of the molecule is Cc1n[nH]c(C)c1NC(=O)Nc1ccc(Cl)cc1. The molecule has 0 aliphatic rings. The number of aromatic nitrogens is 2. The number of rotatable bonds is 2. The number of nitrogens with one attached hydrogen (secondary N) is 3. The van der Waals surface area contributed by atoms with Crippen LogP contribution in [0.4, 0.5) is 16.2 Å². The molecule has 6 heteroatoms. The molecule has 1 heterocycles. The first-order chi connectivity index (χ1) is 8.56. The summed E-state index contributed by atoms with van der Waals surface area (Å²) in [4.78, 5) is 11.8. The van der Waals surface area contributed by atoms with Crippen LogP contribution in [-0.2, 0) is 0 Å². The molecule has 0 unspecified atom stereocenters. The van der Waals surface area contributed by atoms with E-state index in [9.17, 15) is 4.79 Å². The molecule has 3 N–H and O–H groups in total. The lowest BCUT2D eigenvalue weighted by atomic mass is 10.3. The predicted molar refractivity (Wildman–Crippen MR) is 72.2 cm³/mol. The molecule has 2 amide bonds. The maximum atomic E-state index is 11.8. The lowest BCUT2D eigenvalue weighted by Crippen LogP contribution is -2.20. The van der Waals surface area contributed by atoms with Gasteiger partial charge in [-0.05, 0) is 38.1 Å². The summed E-state index contributed by atoms with van der Waals surface area (Å²) in [6, 6.07) is 6.58. The topological polar surface area (TPSA) is 69.8 Å².